The van der Waals surface area contributed by atoms with Crippen LogP contribution in [0.4, 0.5) is 0 Å². The maximum absolute atomic E-state index is 11.2. The van der Waals surface area contributed by atoms with Crippen molar-refractivity contribution in [3.05, 3.63) is 47.7 Å². The van der Waals surface area contributed by atoms with E-state index in [0.717, 1.165) is 5.39 Å². The lowest BCUT2D eigenvalue weighted by molar-refractivity contribution is 0.0699. The van der Waals surface area contributed by atoms with E-state index >= 15 is 0 Å². The molecule has 5 nitrogen and oxygen atoms in total. The first-order chi connectivity index (χ1) is 9.15. The molecule has 0 radical (unpaired) electrons. The predicted octanol–water partition coefficient (Wildman–Crippen LogP) is 2.90. The van der Waals surface area contributed by atoms with E-state index in [-0.39, 0.29) is 5.56 Å². The molecule has 0 saturated carbocycles. The summed E-state index contributed by atoms with van der Waals surface area (Å²) in [5.74, 6) is -0.310. The Labute approximate surface area is 108 Å². The molecular weight excluding hydrogens is 244 g/mol. The van der Waals surface area contributed by atoms with E-state index in [1.54, 1.807) is 25.1 Å². The number of carbonyl (C=O) groups is 1. The van der Waals surface area contributed by atoms with E-state index < -0.39 is 5.97 Å². The quantitative estimate of drug-likeness (QED) is 0.760. The lowest BCUT2D eigenvalue weighted by atomic mass is 10.1. The van der Waals surface area contributed by atoms with Crippen LogP contribution in [0.3, 0.4) is 0 Å². The van der Waals surface area contributed by atoms with Gasteiger partial charge in [-0.15, -0.1) is 0 Å². The second-order valence-corrected chi connectivity index (χ2v) is 4.20. The van der Waals surface area contributed by atoms with Crippen molar-refractivity contribution in [2.75, 3.05) is 0 Å². The van der Waals surface area contributed by atoms with E-state index in [9.17, 15) is 9.90 Å². The molecule has 0 aliphatic carbocycles. The number of benzene rings is 1. The van der Waals surface area contributed by atoms with Gasteiger partial charge in [-0.05, 0) is 19.1 Å². The summed E-state index contributed by atoms with van der Waals surface area (Å²) in [6.45, 7) is 1.79. The predicted molar refractivity (Wildman–Crippen MR) is 68.9 cm³/mol. The summed E-state index contributed by atoms with van der Waals surface area (Å²) < 4.78 is 5.00. The van der Waals surface area contributed by atoms with E-state index in [2.05, 4.69) is 10.1 Å². The van der Waals surface area contributed by atoms with Gasteiger partial charge in [-0.1, -0.05) is 23.4 Å². The minimum absolute atomic E-state index is 0.180. The van der Waals surface area contributed by atoms with Gasteiger partial charge in [-0.3, -0.25) is 0 Å². The minimum atomic E-state index is -0.994. The van der Waals surface area contributed by atoms with Crippen LogP contribution in [0.15, 0.2) is 40.9 Å². The van der Waals surface area contributed by atoms with Crippen molar-refractivity contribution in [2.24, 2.45) is 0 Å². The number of carboxylic acid groups (broad SMARTS) is 1. The average molecular weight is 254 g/mol. The SMILES string of the molecule is Cc1cc(-c2ccc3cccc(C(=O)O)c3n2)no1. The Kier molecular flexibility index (Phi) is 2.52. The zero-order valence-corrected chi connectivity index (χ0v) is 10.1. The molecule has 94 valence electrons. The number of rotatable bonds is 2. The number of pyridine rings is 1. The molecule has 0 bridgehead atoms. The van der Waals surface area contributed by atoms with Crippen molar-refractivity contribution in [3.63, 3.8) is 0 Å². The van der Waals surface area contributed by atoms with Crippen LogP contribution in [-0.2, 0) is 0 Å². The zero-order chi connectivity index (χ0) is 13.4. The summed E-state index contributed by atoms with van der Waals surface area (Å²) in [6, 6.07) is 10.5. The molecule has 0 unspecified atom stereocenters. The number of carboxylic acids is 1. The van der Waals surface area contributed by atoms with Gasteiger partial charge in [-0.25, -0.2) is 9.78 Å². The molecule has 5 heteroatoms. The highest BCUT2D eigenvalue weighted by Crippen LogP contribution is 2.23. The monoisotopic (exact) mass is 254 g/mol. The first kappa shape index (κ1) is 11.4. The lowest BCUT2D eigenvalue weighted by Gasteiger charge is -2.03. The van der Waals surface area contributed by atoms with Gasteiger partial charge in [0.15, 0.2) is 0 Å². The Morgan fingerprint density at radius 2 is 2.05 bits per heavy atom. The molecule has 0 saturated heterocycles. The number of aromatic nitrogens is 2. The van der Waals surface area contributed by atoms with Gasteiger partial charge >= 0.3 is 5.97 Å². The number of aryl methyl sites for hydroxylation is 1. The van der Waals surface area contributed by atoms with Crippen molar-refractivity contribution in [3.8, 4) is 11.4 Å². The number of hydrogen-bond donors (Lipinski definition) is 1. The standard InChI is InChI=1S/C14H10N2O3/c1-8-7-12(16-19-8)11-6-5-9-3-2-4-10(14(17)18)13(9)15-11/h2-7H,1H3,(H,17,18). The first-order valence-corrected chi connectivity index (χ1v) is 5.72. The molecule has 0 atom stereocenters. The first-order valence-electron chi connectivity index (χ1n) is 5.72. The molecule has 3 aromatic rings. The molecule has 0 aliphatic heterocycles. The fraction of sp³-hybridized carbons (Fsp3) is 0.0714. The molecule has 0 amide bonds. The van der Waals surface area contributed by atoms with Crippen LogP contribution in [0.2, 0.25) is 0 Å². The van der Waals surface area contributed by atoms with Crippen LogP contribution < -0.4 is 0 Å². The molecule has 1 aromatic carbocycles. The fourth-order valence-corrected chi connectivity index (χ4v) is 1.95. The van der Waals surface area contributed by atoms with Gasteiger partial charge < -0.3 is 9.63 Å². The molecule has 2 heterocycles. The third-order valence-corrected chi connectivity index (χ3v) is 2.84. The molecule has 19 heavy (non-hydrogen) atoms. The van der Waals surface area contributed by atoms with E-state index in [1.165, 1.54) is 6.07 Å². The van der Waals surface area contributed by atoms with E-state index in [1.807, 2.05) is 12.1 Å². The third kappa shape index (κ3) is 1.95. The second-order valence-electron chi connectivity index (χ2n) is 4.20. The van der Waals surface area contributed by atoms with Crippen molar-refractivity contribution in [2.45, 2.75) is 6.92 Å². The summed E-state index contributed by atoms with van der Waals surface area (Å²) in [7, 11) is 0. The van der Waals surface area contributed by atoms with E-state index in [4.69, 9.17) is 4.52 Å². The van der Waals surface area contributed by atoms with Crippen molar-refractivity contribution in [1.29, 1.82) is 0 Å². The molecule has 0 aliphatic rings. The highest BCUT2D eigenvalue weighted by Gasteiger charge is 2.12. The maximum atomic E-state index is 11.2. The molecule has 3 rings (SSSR count). The molecule has 0 spiro atoms. The van der Waals surface area contributed by atoms with Gasteiger partial charge in [0.05, 0.1) is 16.8 Å². The van der Waals surface area contributed by atoms with Crippen LogP contribution in [0, 0.1) is 6.92 Å². The Balaban J connectivity index is 2.24. The van der Waals surface area contributed by atoms with Crippen LogP contribution in [0.1, 0.15) is 16.1 Å². The molecule has 2 aromatic heterocycles. The Morgan fingerprint density at radius 3 is 2.74 bits per heavy atom. The zero-order valence-electron chi connectivity index (χ0n) is 10.1. The summed E-state index contributed by atoms with van der Waals surface area (Å²) in [6.07, 6.45) is 0. The summed E-state index contributed by atoms with van der Waals surface area (Å²) >= 11 is 0. The van der Waals surface area contributed by atoms with Crippen molar-refractivity contribution in [1.82, 2.24) is 10.1 Å². The van der Waals surface area contributed by atoms with Crippen molar-refractivity contribution >= 4 is 16.9 Å². The van der Waals surface area contributed by atoms with E-state index in [0.29, 0.717) is 22.7 Å². The van der Waals surface area contributed by atoms with Gasteiger partial charge in [0, 0.05) is 11.5 Å². The molecule has 0 fully saturated rings. The number of para-hydroxylation sites is 1. The Morgan fingerprint density at radius 1 is 1.21 bits per heavy atom. The summed E-state index contributed by atoms with van der Waals surface area (Å²) in [5.41, 5.74) is 1.82. The molecular formula is C14H10N2O3. The minimum Gasteiger partial charge on any atom is -0.478 e. The van der Waals surface area contributed by atoms with Crippen LogP contribution in [-0.4, -0.2) is 21.2 Å². The second kappa shape index (κ2) is 4.20. The normalized spacial score (nSPS) is 10.8. The Bertz CT molecular complexity index is 777. The largest absolute Gasteiger partial charge is 0.478 e. The highest BCUT2D eigenvalue weighted by atomic mass is 16.5. The summed E-state index contributed by atoms with van der Waals surface area (Å²) in [5, 5.41) is 13.8. The van der Waals surface area contributed by atoms with Crippen LogP contribution in [0.25, 0.3) is 22.3 Å². The summed E-state index contributed by atoms with van der Waals surface area (Å²) in [4.78, 5) is 15.6. The van der Waals surface area contributed by atoms with Crippen LogP contribution >= 0.6 is 0 Å². The lowest BCUT2D eigenvalue weighted by Crippen LogP contribution is -1.99. The van der Waals surface area contributed by atoms with Gasteiger partial charge in [0.1, 0.15) is 11.5 Å². The fourth-order valence-electron chi connectivity index (χ4n) is 1.95. The topological polar surface area (TPSA) is 76.2 Å². The van der Waals surface area contributed by atoms with Gasteiger partial charge in [-0.2, -0.15) is 0 Å². The van der Waals surface area contributed by atoms with Gasteiger partial charge in [0.2, 0.25) is 0 Å². The number of hydrogen-bond acceptors (Lipinski definition) is 4. The number of nitrogens with zero attached hydrogens (tertiary/aromatic N) is 2. The number of aromatic carboxylic acids is 1. The van der Waals surface area contributed by atoms with Crippen molar-refractivity contribution < 1.29 is 14.4 Å². The third-order valence-electron chi connectivity index (χ3n) is 2.84. The van der Waals surface area contributed by atoms with Crippen LogP contribution in [0.5, 0.6) is 0 Å². The smallest absolute Gasteiger partial charge is 0.337 e. The highest BCUT2D eigenvalue weighted by molar-refractivity contribution is 6.02. The molecule has 1 N–H and O–H groups in total. The average Bonchev–Trinajstić information content (AvgIpc) is 2.84. The number of fused-ring (bicyclic) bond motifs is 1. The Hall–Kier alpha value is -2.69. The maximum Gasteiger partial charge on any atom is 0.337 e. The van der Waals surface area contributed by atoms with Gasteiger partial charge in [0.25, 0.3) is 0 Å².